The molecule has 0 unspecified atom stereocenters. The van der Waals surface area contributed by atoms with Crippen molar-refractivity contribution in [3.63, 3.8) is 0 Å². The molecule has 2 amide bonds. The summed E-state index contributed by atoms with van der Waals surface area (Å²) in [6.07, 6.45) is -0.394. The second-order valence-electron chi connectivity index (χ2n) is 5.63. The molecule has 0 N–H and O–H groups in total. The average molecular weight is 288 g/mol. The van der Waals surface area contributed by atoms with Crippen LogP contribution in [0.15, 0.2) is 35.5 Å². The average Bonchev–Trinajstić information content (AvgIpc) is 2.99. The van der Waals surface area contributed by atoms with Gasteiger partial charge in [0.2, 0.25) is 0 Å². The van der Waals surface area contributed by atoms with E-state index in [-0.39, 0.29) is 18.6 Å². The van der Waals surface area contributed by atoms with Crippen LogP contribution in [0.1, 0.15) is 25.8 Å². The number of oxime groups is 1. The number of amides is 2. The standard InChI is InChI=1S/C15H16N2O4/c1-15(2)13(18)17(14(19)20-15)9-11-8-12(16-21-11)10-6-4-3-5-7-10/h3-7,11H,8-9H2,1-2H3/t11-/m0/s1. The van der Waals surface area contributed by atoms with Gasteiger partial charge in [-0.3, -0.25) is 4.79 Å². The normalized spacial score (nSPS) is 23.8. The minimum Gasteiger partial charge on any atom is -0.433 e. The highest BCUT2D eigenvalue weighted by atomic mass is 16.6. The molecule has 6 nitrogen and oxygen atoms in total. The van der Waals surface area contributed by atoms with E-state index < -0.39 is 11.7 Å². The van der Waals surface area contributed by atoms with E-state index in [4.69, 9.17) is 9.57 Å². The number of imide groups is 1. The summed E-state index contributed by atoms with van der Waals surface area (Å²) in [4.78, 5) is 30.2. The van der Waals surface area contributed by atoms with Crippen LogP contribution >= 0.6 is 0 Å². The van der Waals surface area contributed by atoms with E-state index in [1.54, 1.807) is 13.8 Å². The molecule has 1 saturated heterocycles. The predicted octanol–water partition coefficient (Wildman–Crippen LogP) is 1.94. The van der Waals surface area contributed by atoms with Gasteiger partial charge in [0.05, 0.1) is 12.3 Å². The number of nitrogens with zero attached hydrogens (tertiary/aromatic N) is 2. The summed E-state index contributed by atoms with van der Waals surface area (Å²) in [6.45, 7) is 3.31. The Hall–Kier alpha value is -2.37. The number of benzene rings is 1. The van der Waals surface area contributed by atoms with Gasteiger partial charge in [-0.15, -0.1) is 0 Å². The van der Waals surface area contributed by atoms with Crippen LogP contribution in [-0.2, 0) is 14.4 Å². The topological polar surface area (TPSA) is 68.2 Å². The van der Waals surface area contributed by atoms with E-state index in [1.807, 2.05) is 30.3 Å². The highest BCUT2D eigenvalue weighted by Gasteiger charge is 2.48. The lowest BCUT2D eigenvalue weighted by molar-refractivity contribution is -0.135. The van der Waals surface area contributed by atoms with E-state index in [0.29, 0.717) is 6.42 Å². The van der Waals surface area contributed by atoms with E-state index in [2.05, 4.69) is 5.16 Å². The highest BCUT2D eigenvalue weighted by Crippen LogP contribution is 2.25. The van der Waals surface area contributed by atoms with Crippen LogP contribution in [0.4, 0.5) is 4.79 Å². The summed E-state index contributed by atoms with van der Waals surface area (Å²) in [6, 6.07) is 9.67. The molecule has 2 aliphatic rings. The smallest absolute Gasteiger partial charge is 0.417 e. The number of carbonyl (C=O) groups excluding carboxylic acids is 2. The van der Waals surface area contributed by atoms with Gasteiger partial charge in [-0.05, 0) is 19.4 Å². The minimum atomic E-state index is -1.10. The zero-order valence-corrected chi connectivity index (χ0v) is 11.9. The summed E-state index contributed by atoms with van der Waals surface area (Å²) >= 11 is 0. The van der Waals surface area contributed by atoms with Gasteiger partial charge >= 0.3 is 6.09 Å². The van der Waals surface area contributed by atoms with E-state index in [0.717, 1.165) is 16.2 Å². The first-order chi connectivity index (χ1) is 9.97. The third-order valence-electron chi connectivity index (χ3n) is 3.55. The number of carbonyl (C=O) groups is 2. The maximum atomic E-state index is 12.1. The maximum Gasteiger partial charge on any atom is 0.417 e. The molecule has 2 aliphatic heterocycles. The van der Waals surface area contributed by atoms with Crippen molar-refractivity contribution < 1.29 is 19.2 Å². The van der Waals surface area contributed by atoms with Gasteiger partial charge in [-0.2, -0.15) is 0 Å². The van der Waals surface area contributed by atoms with Gasteiger partial charge in [0, 0.05) is 6.42 Å². The Morgan fingerprint density at radius 1 is 1.29 bits per heavy atom. The lowest BCUT2D eigenvalue weighted by atomic mass is 10.0. The van der Waals surface area contributed by atoms with Crippen molar-refractivity contribution >= 4 is 17.7 Å². The number of ether oxygens (including phenoxy) is 1. The Bertz CT molecular complexity index is 609. The quantitative estimate of drug-likeness (QED) is 0.852. The van der Waals surface area contributed by atoms with Crippen molar-refractivity contribution in [1.29, 1.82) is 0 Å². The first kappa shape index (κ1) is 13.6. The van der Waals surface area contributed by atoms with Gasteiger partial charge in [0.15, 0.2) is 11.7 Å². The summed E-state index contributed by atoms with van der Waals surface area (Å²) in [5.74, 6) is -0.343. The van der Waals surface area contributed by atoms with Crippen molar-refractivity contribution in [3.8, 4) is 0 Å². The molecule has 3 rings (SSSR count). The fourth-order valence-electron chi connectivity index (χ4n) is 2.41. The van der Waals surface area contributed by atoms with Gasteiger partial charge in [0.25, 0.3) is 5.91 Å². The third-order valence-corrected chi connectivity index (χ3v) is 3.55. The second kappa shape index (κ2) is 4.87. The Morgan fingerprint density at radius 2 is 2.00 bits per heavy atom. The minimum absolute atomic E-state index is 0.154. The molecule has 1 fully saturated rings. The molecule has 0 saturated carbocycles. The molecule has 1 aromatic rings. The molecular weight excluding hydrogens is 272 g/mol. The Morgan fingerprint density at radius 3 is 2.62 bits per heavy atom. The molecule has 2 heterocycles. The van der Waals surface area contributed by atoms with Crippen LogP contribution in [0, 0.1) is 0 Å². The predicted molar refractivity (Wildman–Crippen MR) is 74.7 cm³/mol. The van der Waals surface area contributed by atoms with Gasteiger partial charge in [-0.25, -0.2) is 9.69 Å². The molecule has 0 aliphatic carbocycles. The molecule has 1 atom stereocenters. The van der Waals surface area contributed by atoms with Crippen molar-refractivity contribution in [3.05, 3.63) is 35.9 Å². The summed E-state index contributed by atoms with van der Waals surface area (Å²) in [7, 11) is 0. The Labute approximate surface area is 122 Å². The van der Waals surface area contributed by atoms with Crippen LogP contribution in [-0.4, -0.2) is 40.9 Å². The van der Waals surface area contributed by atoms with Crippen LogP contribution in [0.5, 0.6) is 0 Å². The number of rotatable bonds is 3. The molecule has 6 heteroatoms. The second-order valence-corrected chi connectivity index (χ2v) is 5.63. The summed E-state index contributed by atoms with van der Waals surface area (Å²) in [5, 5.41) is 4.04. The fraction of sp³-hybridized carbons (Fsp3) is 0.400. The zero-order valence-electron chi connectivity index (χ0n) is 11.9. The van der Waals surface area contributed by atoms with Crippen molar-refractivity contribution in [1.82, 2.24) is 4.90 Å². The zero-order chi connectivity index (χ0) is 15.0. The van der Waals surface area contributed by atoms with Crippen LogP contribution in [0.3, 0.4) is 0 Å². The lowest BCUT2D eigenvalue weighted by Gasteiger charge is -2.16. The van der Waals surface area contributed by atoms with E-state index >= 15 is 0 Å². The van der Waals surface area contributed by atoms with Crippen molar-refractivity contribution in [2.75, 3.05) is 6.54 Å². The number of cyclic esters (lactones) is 1. The largest absolute Gasteiger partial charge is 0.433 e. The van der Waals surface area contributed by atoms with Gasteiger partial charge in [0.1, 0.15) is 0 Å². The van der Waals surface area contributed by atoms with Gasteiger partial charge < -0.3 is 9.57 Å². The summed E-state index contributed by atoms with van der Waals surface area (Å²) < 4.78 is 5.04. The molecule has 110 valence electrons. The Balaban J connectivity index is 1.65. The summed E-state index contributed by atoms with van der Waals surface area (Å²) in [5.41, 5.74) is 0.703. The van der Waals surface area contributed by atoms with Crippen LogP contribution in [0.2, 0.25) is 0 Å². The first-order valence-corrected chi connectivity index (χ1v) is 6.80. The van der Waals surface area contributed by atoms with Crippen LogP contribution in [0.25, 0.3) is 0 Å². The molecule has 0 bridgehead atoms. The molecule has 0 aromatic heterocycles. The molecule has 21 heavy (non-hydrogen) atoms. The van der Waals surface area contributed by atoms with Gasteiger partial charge in [-0.1, -0.05) is 35.5 Å². The van der Waals surface area contributed by atoms with Crippen molar-refractivity contribution in [2.45, 2.75) is 32.0 Å². The number of hydrogen-bond donors (Lipinski definition) is 0. The van der Waals surface area contributed by atoms with E-state index in [1.165, 1.54) is 0 Å². The third kappa shape index (κ3) is 2.49. The molecule has 0 spiro atoms. The first-order valence-electron chi connectivity index (χ1n) is 6.80. The van der Waals surface area contributed by atoms with Crippen molar-refractivity contribution in [2.24, 2.45) is 5.16 Å². The fourth-order valence-corrected chi connectivity index (χ4v) is 2.41. The molecular formula is C15H16N2O4. The van der Waals surface area contributed by atoms with E-state index in [9.17, 15) is 9.59 Å². The monoisotopic (exact) mass is 288 g/mol. The molecule has 0 radical (unpaired) electrons. The maximum absolute atomic E-state index is 12.1. The Kier molecular flexibility index (Phi) is 3.16. The lowest BCUT2D eigenvalue weighted by Crippen LogP contribution is -2.40. The highest BCUT2D eigenvalue weighted by molar-refractivity contribution is 6.03. The SMILES string of the molecule is CC1(C)OC(=O)N(C[C@@H]2CC(c3ccccc3)=NO2)C1=O. The van der Waals surface area contributed by atoms with Crippen LogP contribution < -0.4 is 0 Å². The number of hydrogen-bond acceptors (Lipinski definition) is 5. The molecule has 1 aromatic carbocycles.